The summed E-state index contributed by atoms with van der Waals surface area (Å²) >= 11 is 0. The van der Waals surface area contributed by atoms with E-state index in [1.807, 2.05) is 24.3 Å². The van der Waals surface area contributed by atoms with E-state index in [9.17, 15) is 33.9 Å². The van der Waals surface area contributed by atoms with Crippen molar-refractivity contribution in [1.29, 1.82) is 0 Å². The van der Waals surface area contributed by atoms with Gasteiger partial charge in [0.25, 0.3) is 5.91 Å². The van der Waals surface area contributed by atoms with Crippen LogP contribution in [-0.2, 0) is 35.2 Å². The van der Waals surface area contributed by atoms with Crippen LogP contribution in [-0.4, -0.2) is 124 Å². The average molecular weight is 826 g/mol. The van der Waals surface area contributed by atoms with Crippen molar-refractivity contribution in [1.82, 2.24) is 30.7 Å². The summed E-state index contributed by atoms with van der Waals surface area (Å²) < 4.78 is 0. The van der Waals surface area contributed by atoms with Gasteiger partial charge in [-0.3, -0.25) is 33.9 Å². The lowest BCUT2D eigenvalue weighted by Gasteiger charge is -2.37. The normalized spacial score (nSPS) is 16.8. The molecule has 5 amide bonds. The molecule has 1 aliphatic rings. The van der Waals surface area contributed by atoms with Crippen LogP contribution in [0.15, 0.2) is 35.5 Å². The third kappa shape index (κ3) is 13.5. The monoisotopic (exact) mass is 826 g/mol. The maximum Gasteiger partial charge on any atom is 0.326 e. The van der Waals surface area contributed by atoms with Crippen molar-refractivity contribution >= 4 is 52.4 Å². The molecule has 13 N–H and O–H groups in total. The zero-order valence-electron chi connectivity index (χ0n) is 35.5. The summed E-state index contributed by atoms with van der Waals surface area (Å²) in [5.41, 5.74) is 23.6. The number of fused-ring (bicyclic) bond motifs is 1. The van der Waals surface area contributed by atoms with Gasteiger partial charge in [0.05, 0.1) is 12.1 Å². The summed E-state index contributed by atoms with van der Waals surface area (Å²) in [6.07, 6.45) is 4.60. The third-order valence-electron chi connectivity index (χ3n) is 10.7. The molecule has 0 unspecified atom stereocenters. The molecule has 1 fully saturated rings. The number of likely N-dealkylation sites (tertiary alicyclic amines) is 1. The average Bonchev–Trinajstić information content (AvgIpc) is 3.83. The Balaban J connectivity index is 2.00. The topological polar surface area (TPSA) is 297 Å². The molecule has 18 heteroatoms. The van der Waals surface area contributed by atoms with Crippen molar-refractivity contribution < 1.29 is 33.9 Å². The number of carboxylic acid groups (broad SMARTS) is 1. The minimum Gasteiger partial charge on any atom is -0.480 e. The molecule has 0 bridgehead atoms. The number of aliphatic imine (C=N–C) groups is 1. The Hall–Kier alpha value is -5.07. The first-order valence-corrected chi connectivity index (χ1v) is 20.6. The van der Waals surface area contributed by atoms with Gasteiger partial charge >= 0.3 is 5.97 Å². The van der Waals surface area contributed by atoms with Crippen molar-refractivity contribution in [3.05, 3.63) is 36.0 Å². The van der Waals surface area contributed by atoms with Gasteiger partial charge in [-0.2, -0.15) is 0 Å². The molecule has 1 aromatic heterocycles. The zero-order chi connectivity index (χ0) is 44.0. The molecular weight excluding hydrogens is 759 g/mol. The van der Waals surface area contributed by atoms with Crippen LogP contribution in [0, 0.1) is 11.3 Å². The number of aromatic nitrogens is 1. The van der Waals surface area contributed by atoms with E-state index >= 15 is 0 Å². The standard InChI is InChI=1S/C41H67N11O7/c1-24(2)21-32(39(58)59)52(38(57)33(43)41(3,4)5)37(56)30(22-25-23-48-27-14-8-7-13-26(25)27)50-35(54)31-17-12-20-51(31)36(55)29(15-9-10-18-42)49-34(53)28(46-6)16-11-19-47-40(44)45/h7-8,13-14,23-24,28-33,46,48H,9-12,15-22,42-43H2,1-6H3,(H,49,53)(H,50,54)(H,58,59)(H4,44,45,47)/t28-,29-,30-,31-,32-,33+/m0/s1. The fraction of sp³-hybridized carbons (Fsp3) is 0.634. The minimum absolute atomic E-state index is 0.0509. The number of hydrogen-bond acceptors (Lipinski definition) is 10. The van der Waals surface area contributed by atoms with E-state index < -0.39 is 77.2 Å². The SMILES string of the molecule is CN[C@@H](CCCN=C(N)N)C(=O)N[C@@H](CCCCN)C(=O)N1CCC[C@H]1C(=O)N[C@@H](Cc1c[nH]c2ccccc12)C(=O)N(C(=O)[C@@H](N)C(C)(C)C)[C@@H](CC(C)C)C(=O)O. The maximum atomic E-state index is 14.9. The second-order valence-electron chi connectivity index (χ2n) is 16.8. The van der Waals surface area contributed by atoms with Gasteiger partial charge in [0, 0.05) is 36.6 Å². The number of para-hydroxylation sites is 1. The summed E-state index contributed by atoms with van der Waals surface area (Å²) in [6.45, 7) is 9.64. The Bertz CT molecular complexity index is 1790. The van der Waals surface area contributed by atoms with E-state index in [1.54, 1.807) is 47.9 Å². The molecule has 2 aromatic rings. The molecule has 2 heterocycles. The molecule has 0 aliphatic carbocycles. The summed E-state index contributed by atoms with van der Waals surface area (Å²) in [4.78, 5) is 93.4. The number of amides is 5. The number of carbonyl (C=O) groups is 6. The molecule has 328 valence electrons. The van der Waals surface area contributed by atoms with E-state index in [4.69, 9.17) is 22.9 Å². The molecule has 0 saturated carbocycles. The van der Waals surface area contributed by atoms with Crippen LogP contribution in [0.1, 0.15) is 91.5 Å². The number of likely N-dealkylation sites (N-methyl/N-ethyl adjacent to an activating group) is 1. The summed E-state index contributed by atoms with van der Waals surface area (Å²) in [7, 11) is 1.64. The van der Waals surface area contributed by atoms with Crippen LogP contribution in [0.2, 0.25) is 0 Å². The van der Waals surface area contributed by atoms with Gasteiger partial charge in [-0.15, -0.1) is 0 Å². The minimum atomic E-state index is -1.57. The molecule has 59 heavy (non-hydrogen) atoms. The molecule has 0 spiro atoms. The Kier molecular flexibility index (Phi) is 18.3. The summed E-state index contributed by atoms with van der Waals surface area (Å²) in [5.74, 6) is -4.98. The van der Waals surface area contributed by atoms with Crippen molar-refractivity contribution in [3.63, 3.8) is 0 Å². The number of aromatic amines is 1. The van der Waals surface area contributed by atoms with Gasteiger partial charge in [0.15, 0.2) is 5.96 Å². The van der Waals surface area contributed by atoms with Crippen molar-refractivity contribution in [3.8, 4) is 0 Å². The Morgan fingerprint density at radius 3 is 2.27 bits per heavy atom. The summed E-state index contributed by atoms with van der Waals surface area (Å²) in [5, 5.41) is 19.9. The van der Waals surface area contributed by atoms with Crippen LogP contribution in [0.25, 0.3) is 10.9 Å². The highest BCUT2D eigenvalue weighted by Gasteiger charge is 2.45. The van der Waals surface area contributed by atoms with Gasteiger partial charge < -0.3 is 53.9 Å². The number of nitrogens with one attached hydrogen (secondary N) is 4. The third-order valence-corrected chi connectivity index (χ3v) is 10.7. The number of hydrogen-bond donors (Lipinski definition) is 9. The van der Waals surface area contributed by atoms with Crippen LogP contribution in [0.5, 0.6) is 0 Å². The largest absolute Gasteiger partial charge is 0.480 e. The molecule has 0 radical (unpaired) electrons. The van der Waals surface area contributed by atoms with E-state index in [-0.39, 0.29) is 44.1 Å². The molecular formula is C41H67N11O7. The number of imide groups is 1. The smallest absolute Gasteiger partial charge is 0.326 e. The second kappa shape index (κ2) is 22.3. The fourth-order valence-electron chi connectivity index (χ4n) is 7.29. The maximum absolute atomic E-state index is 14.9. The molecule has 18 nitrogen and oxygen atoms in total. The van der Waals surface area contributed by atoms with E-state index in [0.29, 0.717) is 55.7 Å². The highest BCUT2D eigenvalue weighted by atomic mass is 16.4. The highest BCUT2D eigenvalue weighted by molar-refractivity contribution is 6.05. The van der Waals surface area contributed by atoms with Crippen molar-refractivity contribution in [2.24, 2.45) is 39.3 Å². The van der Waals surface area contributed by atoms with E-state index in [1.165, 1.54) is 4.90 Å². The van der Waals surface area contributed by atoms with Gasteiger partial charge in [0.2, 0.25) is 23.6 Å². The van der Waals surface area contributed by atoms with Crippen LogP contribution >= 0.6 is 0 Å². The molecule has 6 atom stereocenters. The number of benzene rings is 1. The first kappa shape index (κ1) is 48.3. The molecule has 1 aromatic carbocycles. The van der Waals surface area contributed by atoms with Crippen LogP contribution < -0.4 is 38.9 Å². The molecule has 1 aliphatic heterocycles. The fourth-order valence-corrected chi connectivity index (χ4v) is 7.29. The molecule has 1 saturated heterocycles. The number of nitrogens with two attached hydrogens (primary N) is 4. The van der Waals surface area contributed by atoms with Gasteiger partial charge in [-0.1, -0.05) is 52.8 Å². The number of nitrogens with zero attached hydrogens (tertiary/aromatic N) is 3. The predicted octanol–water partition coefficient (Wildman–Crippen LogP) is 0.670. The Labute approximate surface area is 347 Å². The van der Waals surface area contributed by atoms with E-state index in [0.717, 1.165) is 10.9 Å². The first-order valence-electron chi connectivity index (χ1n) is 20.6. The van der Waals surface area contributed by atoms with E-state index in [2.05, 4.69) is 25.9 Å². The number of carboxylic acids is 1. The predicted molar refractivity (Wildman–Crippen MR) is 226 cm³/mol. The number of guanidine groups is 1. The lowest BCUT2D eigenvalue weighted by atomic mass is 9.85. The summed E-state index contributed by atoms with van der Waals surface area (Å²) in [6, 6.07) is 0.474. The quantitative estimate of drug-likeness (QED) is 0.0450. The van der Waals surface area contributed by atoms with Crippen LogP contribution in [0.4, 0.5) is 0 Å². The number of unbranched alkanes of at least 4 members (excludes halogenated alkanes) is 1. The second-order valence-corrected chi connectivity index (χ2v) is 16.8. The first-order chi connectivity index (χ1) is 27.8. The van der Waals surface area contributed by atoms with Gasteiger partial charge in [-0.05, 0) is 87.9 Å². The van der Waals surface area contributed by atoms with Crippen LogP contribution in [0.3, 0.4) is 0 Å². The Morgan fingerprint density at radius 2 is 1.66 bits per heavy atom. The highest BCUT2D eigenvalue weighted by Crippen LogP contribution is 2.26. The number of H-pyrrole nitrogens is 1. The zero-order valence-corrected chi connectivity index (χ0v) is 35.5. The van der Waals surface area contributed by atoms with Gasteiger partial charge in [0.1, 0.15) is 24.2 Å². The number of carbonyl (C=O) groups excluding carboxylic acids is 5. The lowest BCUT2D eigenvalue weighted by molar-refractivity contribution is -0.161. The van der Waals surface area contributed by atoms with Gasteiger partial charge in [-0.25, -0.2) is 4.79 Å². The van der Waals surface area contributed by atoms with Crippen molar-refractivity contribution in [2.75, 3.05) is 26.7 Å². The molecule has 3 rings (SSSR count). The lowest BCUT2D eigenvalue weighted by Crippen LogP contribution is -2.63. The number of rotatable bonds is 22. The Morgan fingerprint density at radius 1 is 0.983 bits per heavy atom. The number of aliphatic carboxylic acids is 1. The van der Waals surface area contributed by atoms with Crippen molar-refractivity contribution in [2.45, 2.75) is 129 Å².